The van der Waals surface area contributed by atoms with Gasteiger partial charge in [-0.05, 0) is 61.6 Å². The van der Waals surface area contributed by atoms with E-state index in [0.717, 1.165) is 24.0 Å². The molecule has 24 heavy (non-hydrogen) atoms. The van der Waals surface area contributed by atoms with Crippen molar-refractivity contribution >= 4 is 0 Å². The van der Waals surface area contributed by atoms with E-state index in [2.05, 4.69) is 79.1 Å². The average Bonchev–Trinajstić information content (AvgIpc) is 2.63. The van der Waals surface area contributed by atoms with Crippen LogP contribution in [0, 0.1) is 23.7 Å². The van der Waals surface area contributed by atoms with Gasteiger partial charge in [0.15, 0.2) is 0 Å². The molecule has 0 heteroatoms. The van der Waals surface area contributed by atoms with E-state index in [9.17, 15) is 0 Å². The summed E-state index contributed by atoms with van der Waals surface area (Å²) in [5, 5.41) is 0. The standard InChI is InChI=1S/C24H26/c1-3-5-7-9-21-11-15-23(16-12-21)19-20-24-17-13-22(14-18-24)10-8-6-4-2/h11-18H,3,5,7-10H2,1-2H3. The summed E-state index contributed by atoms with van der Waals surface area (Å²) in [5.41, 5.74) is 4.87. The second-order valence-electron chi connectivity index (χ2n) is 6.03. The van der Waals surface area contributed by atoms with Gasteiger partial charge in [-0.2, -0.15) is 0 Å². The van der Waals surface area contributed by atoms with E-state index < -0.39 is 0 Å². The Hall–Kier alpha value is -2.44. The summed E-state index contributed by atoms with van der Waals surface area (Å²) >= 11 is 0. The smallest absolute Gasteiger partial charge is 0.0249 e. The van der Waals surface area contributed by atoms with Gasteiger partial charge in [0, 0.05) is 17.5 Å². The Kier molecular flexibility index (Phi) is 7.73. The topological polar surface area (TPSA) is 0 Å². The molecule has 2 aromatic rings. The Morgan fingerprint density at radius 2 is 1.25 bits per heavy atom. The summed E-state index contributed by atoms with van der Waals surface area (Å²) in [6, 6.07) is 17.2. The molecule has 0 aliphatic rings. The van der Waals surface area contributed by atoms with Crippen LogP contribution in [0.1, 0.15) is 61.8 Å². The molecular weight excluding hydrogens is 288 g/mol. The van der Waals surface area contributed by atoms with Gasteiger partial charge < -0.3 is 0 Å². The Morgan fingerprint density at radius 1 is 0.708 bits per heavy atom. The van der Waals surface area contributed by atoms with E-state index in [0.29, 0.717) is 0 Å². The van der Waals surface area contributed by atoms with Crippen molar-refractivity contribution in [1.29, 1.82) is 0 Å². The van der Waals surface area contributed by atoms with Crippen molar-refractivity contribution in [3.05, 3.63) is 70.8 Å². The van der Waals surface area contributed by atoms with Gasteiger partial charge in [0.1, 0.15) is 0 Å². The highest BCUT2D eigenvalue weighted by atomic mass is 14.0. The van der Waals surface area contributed by atoms with E-state index in [1.807, 2.05) is 6.92 Å². The predicted octanol–water partition coefficient (Wildman–Crippen LogP) is 5.78. The Balaban J connectivity index is 1.92. The Bertz CT molecular complexity index is 725. The third kappa shape index (κ3) is 6.36. The molecule has 2 aromatic carbocycles. The van der Waals surface area contributed by atoms with Crippen molar-refractivity contribution in [3.8, 4) is 23.7 Å². The van der Waals surface area contributed by atoms with E-state index in [4.69, 9.17) is 0 Å². The minimum absolute atomic E-state index is 0.923. The molecule has 0 fully saturated rings. The molecule has 0 spiro atoms. The average molecular weight is 314 g/mol. The summed E-state index contributed by atoms with van der Waals surface area (Å²) in [5.74, 6) is 12.5. The highest BCUT2D eigenvalue weighted by Crippen LogP contribution is 2.09. The highest BCUT2D eigenvalue weighted by molar-refractivity contribution is 5.44. The van der Waals surface area contributed by atoms with Crippen LogP contribution in [-0.2, 0) is 12.8 Å². The van der Waals surface area contributed by atoms with Gasteiger partial charge in [0.2, 0.25) is 0 Å². The van der Waals surface area contributed by atoms with Crippen molar-refractivity contribution in [2.24, 2.45) is 0 Å². The molecule has 122 valence electrons. The molecule has 0 saturated heterocycles. The minimum atomic E-state index is 0.923. The van der Waals surface area contributed by atoms with Gasteiger partial charge in [-0.15, -0.1) is 11.8 Å². The molecule has 0 amide bonds. The van der Waals surface area contributed by atoms with E-state index in [-0.39, 0.29) is 0 Å². The molecule has 0 heterocycles. The fraction of sp³-hybridized carbons (Fsp3) is 0.333. The maximum absolute atomic E-state index is 3.25. The van der Waals surface area contributed by atoms with Crippen LogP contribution < -0.4 is 0 Å². The van der Waals surface area contributed by atoms with Crippen LogP contribution in [0.2, 0.25) is 0 Å². The normalized spacial score (nSPS) is 9.58. The fourth-order valence-electron chi connectivity index (χ4n) is 2.56. The van der Waals surface area contributed by atoms with Gasteiger partial charge in [-0.25, -0.2) is 0 Å². The first-order valence-electron chi connectivity index (χ1n) is 8.91. The van der Waals surface area contributed by atoms with Crippen LogP contribution in [-0.4, -0.2) is 0 Å². The zero-order chi connectivity index (χ0) is 17.0. The number of rotatable bonds is 6. The maximum Gasteiger partial charge on any atom is 0.0249 e. The van der Waals surface area contributed by atoms with Crippen LogP contribution >= 0.6 is 0 Å². The Morgan fingerprint density at radius 3 is 1.75 bits per heavy atom. The van der Waals surface area contributed by atoms with E-state index in [1.165, 1.54) is 36.8 Å². The first-order chi connectivity index (χ1) is 11.8. The minimum Gasteiger partial charge on any atom is -0.107 e. The molecule has 0 unspecified atom stereocenters. The van der Waals surface area contributed by atoms with Gasteiger partial charge in [-0.1, -0.05) is 55.9 Å². The zero-order valence-electron chi connectivity index (χ0n) is 14.9. The summed E-state index contributed by atoms with van der Waals surface area (Å²) in [6.45, 7) is 4.13. The van der Waals surface area contributed by atoms with Gasteiger partial charge >= 0.3 is 0 Å². The number of unbranched alkanes of at least 4 members (excludes halogenated alkanes) is 2. The molecule has 0 saturated carbocycles. The molecule has 2 rings (SSSR count). The lowest BCUT2D eigenvalue weighted by molar-refractivity contribution is 0.717. The number of hydrogen-bond donors (Lipinski definition) is 0. The summed E-state index contributed by atoms with van der Waals surface area (Å²) in [4.78, 5) is 0. The van der Waals surface area contributed by atoms with Crippen molar-refractivity contribution in [2.45, 2.75) is 52.4 Å². The number of hydrogen-bond acceptors (Lipinski definition) is 0. The second-order valence-corrected chi connectivity index (χ2v) is 6.03. The van der Waals surface area contributed by atoms with Crippen molar-refractivity contribution in [3.63, 3.8) is 0 Å². The molecule has 0 aliphatic heterocycles. The van der Waals surface area contributed by atoms with Gasteiger partial charge in [-0.3, -0.25) is 0 Å². The first-order valence-corrected chi connectivity index (χ1v) is 8.91. The molecule has 0 N–H and O–H groups in total. The quantitative estimate of drug-likeness (QED) is 0.468. The Labute approximate surface area is 147 Å². The van der Waals surface area contributed by atoms with Crippen LogP contribution in [0.3, 0.4) is 0 Å². The van der Waals surface area contributed by atoms with Crippen molar-refractivity contribution < 1.29 is 0 Å². The predicted molar refractivity (Wildman–Crippen MR) is 104 cm³/mol. The zero-order valence-corrected chi connectivity index (χ0v) is 14.9. The first kappa shape index (κ1) is 17.9. The van der Waals surface area contributed by atoms with Crippen molar-refractivity contribution in [2.75, 3.05) is 0 Å². The molecule has 0 aromatic heterocycles. The maximum atomic E-state index is 3.25. The van der Waals surface area contributed by atoms with Crippen molar-refractivity contribution in [1.82, 2.24) is 0 Å². The molecule has 0 nitrogen and oxygen atoms in total. The van der Waals surface area contributed by atoms with Gasteiger partial charge in [0.05, 0.1) is 0 Å². The molecule has 0 atom stereocenters. The molecule has 0 bridgehead atoms. The van der Waals surface area contributed by atoms with Crippen LogP contribution in [0.5, 0.6) is 0 Å². The van der Waals surface area contributed by atoms with Crippen LogP contribution in [0.4, 0.5) is 0 Å². The summed E-state index contributed by atoms with van der Waals surface area (Å²) in [7, 11) is 0. The third-order valence-corrected chi connectivity index (χ3v) is 4.04. The van der Waals surface area contributed by atoms with E-state index >= 15 is 0 Å². The third-order valence-electron chi connectivity index (χ3n) is 4.04. The molecule has 0 radical (unpaired) electrons. The molecule has 0 aliphatic carbocycles. The summed E-state index contributed by atoms with van der Waals surface area (Å²) in [6.07, 6.45) is 6.96. The largest absolute Gasteiger partial charge is 0.107 e. The molecular formula is C24H26. The number of aryl methyl sites for hydroxylation is 2. The monoisotopic (exact) mass is 314 g/mol. The summed E-state index contributed by atoms with van der Waals surface area (Å²) < 4.78 is 0. The number of benzene rings is 2. The fourth-order valence-corrected chi connectivity index (χ4v) is 2.56. The van der Waals surface area contributed by atoms with Gasteiger partial charge in [0.25, 0.3) is 0 Å². The van der Waals surface area contributed by atoms with Crippen LogP contribution in [0.25, 0.3) is 0 Å². The second kappa shape index (κ2) is 10.4. The SMILES string of the molecule is CC#CCCc1ccc(C#Cc2ccc(CCCCC)cc2)cc1. The lowest BCUT2D eigenvalue weighted by Crippen LogP contribution is -1.86. The van der Waals surface area contributed by atoms with E-state index in [1.54, 1.807) is 0 Å². The highest BCUT2D eigenvalue weighted by Gasteiger charge is 1.94. The lowest BCUT2D eigenvalue weighted by Gasteiger charge is -2.00. The lowest BCUT2D eigenvalue weighted by atomic mass is 10.0. The van der Waals surface area contributed by atoms with Crippen LogP contribution in [0.15, 0.2) is 48.5 Å².